The fourth-order valence-electron chi connectivity index (χ4n) is 2.20. The van der Waals surface area contributed by atoms with E-state index in [0.717, 1.165) is 6.42 Å². The van der Waals surface area contributed by atoms with Gasteiger partial charge in [-0.15, -0.1) is 0 Å². The van der Waals surface area contributed by atoms with Crippen LogP contribution in [0.2, 0.25) is 5.02 Å². The minimum atomic E-state index is -3.38. The number of sulfonamides is 1. The third-order valence-corrected chi connectivity index (χ3v) is 5.49. The number of benzene rings is 1. The van der Waals surface area contributed by atoms with Crippen molar-refractivity contribution in [1.82, 2.24) is 5.32 Å². The highest BCUT2D eigenvalue weighted by atomic mass is 35.5. The van der Waals surface area contributed by atoms with E-state index < -0.39 is 21.8 Å². The highest BCUT2D eigenvalue weighted by molar-refractivity contribution is 7.93. The molecule has 0 aliphatic carbocycles. The van der Waals surface area contributed by atoms with Crippen molar-refractivity contribution in [2.45, 2.75) is 19.8 Å². The molecule has 9 heteroatoms. The first kappa shape index (κ1) is 17.6. The second-order valence-corrected chi connectivity index (χ2v) is 7.54. The minimum absolute atomic E-state index is 0.0688. The number of anilines is 2. The standard InChI is InChI=1S/C14H18ClN3O4S/c1-2-6-16-13(19)14(20)17-10-4-5-11(15)12(9-10)18-7-3-8-23(18,21)22/h4-5,9H,2-3,6-8H2,1H3,(H,16,19)(H,17,20). The highest BCUT2D eigenvalue weighted by Crippen LogP contribution is 2.33. The Morgan fingerprint density at radius 2 is 2.04 bits per heavy atom. The molecule has 0 unspecified atom stereocenters. The van der Waals surface area contributed by atoms with Crippen molar-refractivity contribution in [3.63, 3.8) is 0 Å². The number of amides is 2. The third-order valence-electron chi connectivity index (χ3n) is 3.31. The summed E-state index contributed by atoms with van der Waals surface area (Å²) in [5, 5.41) is 5.17. The van der Waals surface area contributed by atoms with Gasteiger partial charge in [0.2, 0.25) is 10.0 Å². The van der Waals surface area contributed by atoms with E-state index in [4.69, 9.17) is 11.6 Å². The monoisotopic (exact) mass is 359 g/mol. The van der Waals surface area contributed by atoms with E-state index >= 15 is 0 Å². The number of carbonyl (C=O) groups is 2. The van der Waals surface area contributed by atoms with Crippen molar-refractivity contribution in [1.29, 1.82) is 0 Å². The van der Waals surface area contributed by atoms with Gasteiger partial charge in [0.05, 0.1) is 16.5 Å². The van der Waals surface area contributed by atoms with Gasteiger partial charge in [0.15, 0.2) is 0 Å². The molecular weight excluding hydrogens is 342 g/mol. The van der Waals surface area contributed by atoms with Crippen LogP contribution in [0.3, 0.4) is 0 Å². The van der Waals surface area contributed by atoms with E-state index in [2.05, 4.69) is 10.6 Å². The minimum Gasteiger partial charge on any atom is -0.348 e. The Labute approximate surface area is 140 Å². The van der Waals surface area contributed by atoms with Crippen LogP contribution in [0.5, 0.6) is 0 Å². The van der Waals surface area contributed by atoms with Gasteiger partial charge in [0.1, 0.15) is 0 Å². The maximum absolute atomic E-state index is 12.0. The van der Waals surface area contributed by atoms with Gasteiger partial charge in [-0.3, -0.25) is 13.9 Å². The molecular formula is C14H18ClN3O4S. The summed E-state index contributed by atoms with van der Waals surface area (Å²) in [6, 6.07) is 4.46. The molecule has 0 atom stereocenters. The molecule has 2 amide bonds. The quantitative estimate of drug-likeness (QED) is 0.793. The molecule has 7 nitrogen and oxygen atoms in total. The van der Waals surface area contributed by atoms with Crippen LogP contribution in [-0.4, -0.2) is 39.1 Å². The van der Waals surface area contributed by atoms with E-state index in [1.807, 2.05) is 6.92 Å². The van der Waals surface area contributed by atoms with Gasteiger partial charge >= 0.3 is 11.8 Å². The smallest absolute Gasteiger partial charge is 0.313 e. The lowest BCUT2D eigenvalue weighted by Crippen LogP contribution is -2.35. The number of hydrogen-bond acceptors (Lipinski definition) is 4. The number of halogens is 1. The molecule has 1 aliphatic heterocycles. The lowest BCUT2D eigenvalue weighted by atomic mass is 10.2. The Hall–Kier alpha value is -1.80. The van der Waals surface area contributed by atoms with Crippen LogP contribution in [0.1, 0.15) is 19.8 Å². The molecule has 1 fully saturated rings. The molecule has 1 aromatic carbocycles. The molecule has 1 aliphatic rings. The van der Waals surface area contributed by atoms with Gasteiger partial charge in [0.25, 0.3) is 0 Å². The fourth-order valence-corrected chi connectivity index (χ4v) is 4.04. The van der Waals surface area contributed by atoms with Crippen molar-refractivity contribution in [2.75, 3.05) is 28.5 Å². The normalized spacial score (nSPS) is 16.2. The highest BCUT2D eigenvalue weighted by Gasteiger charge is 2.30. The topological polar surface area (TPSA) is 95.6 Å². The molecule has 2 rings (SSSR count). The van der Waals surface area contributed by atoms with Gasteiger partial charge in [-0.05, 0) is 31.0 Å². The summed E-state index contributed by atoms with van der Waals surface area (Å²) in [5.74, 6) is -1.48. The Morgan fingerprint density at radius 1 is 1.30 bits per heavy atom. The first-order valence-corrected chi connectivity index (χ1v) is 9.23. The Kier molecular flexibility index (Phi) is 5.48. The molecule has 0 bridgehead atoms. The Balaban J connectivity index is 2.18. The molecule has 0 spiro atoms. The summed E-state index contributed by atoms with van der Waals surface area (Å²) >= 11 is 6.07. The van der Waals surface area contributed by atoms with Crippen LogP contribution < -0.4 is 14.9 Å². The summed E-state index contributed by atoms with van der Waals surface area (Å²) in [5.41, 5.74) is 0.610. The molecule has 0 aromatic heterocycles. The molecule has 2 N–H and O–H groups in total. The van der Waals surface area contributed by atoms with Crippen molar-refractivity contribution in [3.05, 3.63) is 23.2 Å². The number of carbonyl (C=O) groups excluding carboxylic acids is 2. The molecule has 23 heavy (non-hydrogen) atoms. The largest absolute Gasteiger partial charge is 0.348 e. The van der Waals surface area contributed by atoms with Gasteiger partial charge in [0, 0.05) is 18.8 Å². The lowest BCUT2D eigenvalue weighted by molar-refractivity contribution is -0.136. The van der Waals surface area contributed by atoms with Gasteiger partial charge in [-0.2, -0.15) is 0 Å². The van der Waals surface area contributed by atoms with Gasteiger partial charge in [-0.25, -0.2) is 8.42 Å². The van der Waals surface area contributed by atoms with E-state index in [0.29, 0.717) is 30.9 Å². The van der Waals surface area contributed by atoms with Crippen LogP contribution in [0.25, 0.3) is 0 Å². The summed E-state index contributed by atoms with van der Waals surface area (Å²) in [4.78, 5) is 23.3. The van der Waals surface area contributed by atoms with Crippen molar-refractivity contribution in [2.24, 2.45) is 0 Å². The number of hydrogen-bond donors (Lipinski definition) is 2. The predicted molar refractivity (Wildman–Crippen MR) is 89.1 cm³/mol. The lowest BCUT2D eigenvalue weighted by Gasteiger charge is -2.19. The summed E-state index contributed by atoms with van der Waals surface area (Å²) in [6.45, 7) is 2.63. The maximum Gasteiger partial charge on any atom is 0.313 e. The number of nitrogens with zero attached hydrogens (tertiary/aromatic N) is 1. The van der Waals surface area contributed by atoms with Crippen LogP contribution in [0, 0.1) is 0 Å². The molecule has 0 radical (unpaired) electrons. The summed E-state index contributed by atoms with van der Waals surface area (Å²) in [6.07, 6.45) is 1.24. The van der Waals surface area contributed by atoms with E-state index in [-0.39, 0.29) is 10.8 Å². The van der Waals surface area contributed by atoms with Gasteiger partial charge in [-0.1, -0.05) is 18.5 Å². The van der Waals surface area contributed by atoms with Crippen LogP contribution in [-0.2, 0) is 19.6 Å². The van der Waals surface area contributed by atoms with Crippen LogP contribution >= 0.6 is 11.6 Å². The fraction of sp³-hybridized carbons (Fsp3) is 0.429. The zero-order valence-electron chi connectivity index (χ0n) is 12.6. The molecule has 126 valence electrons. The van der Waals surface area contributed by atoms with E-state index in [1.54, 1.807) is 0 Å². The second-order valence-electron chi connectivity index (χ2n) is 5.12. The molecule has 1 saturated heterocycles. The summed E-state index contributed by atoms with van der Waals surface area (Å²) < 4.78 is 25.2. The van der Waals surface area contributed by atoms with Gasteiger partial charge < -0.3 is 10.6 Å². The number of nitrogens with one attached hydrogen (secondary N) is 2. The average Bonchev–Trinajstić information content (AvgIpc) is 2.85. The third kappa shape index (κ3) is 4.14. The van der Waals surface area contributed by atoms with Crippen LogP contribution in [0.4, 0.5) is 11.4 Å². The van der Waals surface area contributed by atoms with Crippen LogP contribution in [0.15, 0.2) is 18.2 Å². The molecule has 1 heterocycles. The predicted octanol–water partition coefficient (Wildman–Crippen LogP) is 1.34. The Bertz CT molecular complexity index is 721. The number of rotatable bonds is 4. The summed E-state index contributed by atoms with van der Waals surface area (Å²) in [7, 11) is -3.38. The van der Waals surface area contributed by atoms with E-state index in [1.165, 1.54) is 22.5 Å². The van der Waals surface area contributed by atoms with Crippen molar-refractivity contribution < 1.29 is 18.0 Å². The zero-order chi connectivity index (χ0) is 17.0. The Morgan fingerprint density at radius 3 is 2.65 bits per heavy atom. The molecule has 1 aromatic rings. The SMILES string of the molecule is CCCNC(=O)C(=O)Nc1ccc(Cl)c(N2CCCS2(=O)=O)c1. The first-order valence-electron chi connectivity index (χ1n) is 7.24. The van der Waals surface area contributed by atoms with Crippen molar-refractivity contribution >= 4 is 44.8 Å². The van der Waals surface area contributed by atoms with Crippen molar-refractivity contribution in [3.8, 4) is 0 Å². The molecule has 0 saturated carbocycles. The first-order chi connectivity index (χ1) is 10.8. The maximum atomic E-state index is 12.0. The zero-order valence-corrected chi connectivity index (χ0v) is 14.2. The average molecular weight is 360 g/mol. The van der Waals surface area contributed by atoms with E-state index in [9.17, 15) is 18.0 Å². The second kappa shape index (κ2) is 7.18.